The summed E-state index contributed by atoms with van der Waals surface area (Å²) in [5.74, 6) is 0.594. The summed E-state index contributed by atoms with van der Waals surface area (Å²) in [5, 5.41) is 3.92. The summed E-state index contributed by atoms with van der Waals surface area (Å²) < 4.78 is 38.9. The van der Waals surface area contributed by atoms with Crippen LogP contribution in [0.1, 0.15) is 5.56 Å². The van der Waals surface area contributed by atoms with Crippen LogP contribution in [0, 0.1) is 3.57 Å². The van der Waals surface area contributed by atoms with Gasteiger partial charge in [0.25, 0.3) is 0 Å². The van der Waals surface area contributed by atoms with E-state index in [1.54, 1.807) is 0 Å². The first-order valence-electron chi connectivity index (χ1n) is 4.42. The van der Waals surface area contributed by atoms with Crippen molar-refractivity contribution in [2.24, 2.45) is 0 Å². The van der Waals surface area contributed by atoms with E-state index in [0.29, 0.717) is 9.39 Å². The zero-order chi connectivity index (χ0) is 12.6. The van der Waals surface area contributed by atoms with Crippen LogP contribution in [0.5, 0.6) is 0 Å². The number of nitrogens with zero attached hydrogens (tertiary/aromatic N) is 3. The summed E-state index contributed by atoms with van der Waals surface area (Å²) in [6.45, 7) is 0. The van der Waals surface area contributed by atoms with Crippen molar-refractivity contribution < 1.29 is 13.2 Å². The lowest BCUT2D eigenvalue weighted by molar-refractivity contribution is -0.137. The highest BCUT2D eigenvalue weighted by atomic mass is 127. The molecular weight excluding hydrogens is 348 g/mol. The average Bonchev–Trinajstić information content (AvgIpc) is 2.59. The molecule has 0 radical (unpaired) electrons. The number of nitrogens with two attached hydrogens (primary N) is 1. The zero-order valence-electron chi connectivity index (χ0n) is 8.24. The Balaban J connectivity index is 2.40. The maximum absolute atomic E-state index is 12.3. The van der Waals surface area contributed by atoms with Crippen LogP contribution < -0.4 is 5.73 Å². The van der Waals surface area contributed by atoms with Crippen LogP contribution in [0.2, 0.25) is 0 Å². The molecular formula is C9H6F3IN4. The normalized spacial score (nSPS) is 11.8. The van der Waals surface area contributed by atoms with Crippen molar-refractivity contribution in [1.29, 1.82) is 0 Å². The van der Waals surface area contributed by atoms with E-state index < -0.39 is 11.7 Å². The smallest absolute Gasteiger partial charge is 0.383 e. The lowest BCUT2D eigenvalue weighted by atomic mass is 10.3. The first-order valence-corrected chi connectivity index (χ1v) is 5.50. The Hall–Kier alpha value is -1.32. The predicted molar refractivity (Wildman–Crippen MR) is 63.5 cm³/mol. The highest BCUT2D eigenvalue weighted by molar-refractivity contribution is 14.1. The molecule has 0 spiro atoms. The largest absolute Gasteiger partial charge is 0.417 e. The van der Waals surface area contributed by atoms with E-state index in [1.165, 1.54) is 16.9 Å². The maximum atomic E-state index is 12.3. The van der Waals surface area contributed by atoms with Crippen molar-refractivity contribution in [1.82, 2.24) is 14.8 Å². The highest BCUT2D eigenvalue weighted by Gasteiger charge is 2.30. The Bertz CT molecular complexity index is 532. The molecule has 0 aliphatic rings. The van der Waals surface area contributed by atoms with Crippen LogP contribution in [-0.2, 0) is 6.18 Å². The molecule has 0 unspecified atom stereocenters. The standard InChI is InChI=1S/C9H6F3IN4/c10-9(11,12)5-1-2-7(15-3-5)17-8(14)6(13)4-16-17/h1-4H,14H2. The first-order chi connectivity index (χ1) is 7.89. The summed E-state index contributed by atoms with van der Waals surface area (Å²) in [6, 6.07) is 2.17. The van der Waals surface area contributed by atoms with Crippen molar-refractivity contribution in [3.05, 3.63) is 33.7 Å². The topological polar surface area (TPSA) is 56.7 Å². The molecule has 2 heterocycles. The summed E-state index contributed by atoms with van der Waals surface area (Å²) in [5.41, 5.74) is 4.89. The average molecular weight is 354 g/mol. The van der Waals surface area contributed by atoms with Gasteiger partial charge in [-0.15, -0.1) is 0 Å². The van der Waals surface area contributed by atoms with Gasteiger partial charge in [-0.2, -0.15) is 23.0 Å². The van der Waals surface area contributed by atoms with Crippen LogP contribution >= 0.6 is 22.6 Å². The van der Waals surface area contributed by atoms with E-state index in [2.05, 4.69) is 10.1 Å². The zero-order valence-corrected chi connectivity index (χ0v) is 10.4. The summed E-state index contributed by atoms with van der Waals surface area (Å²) in [6.07, 6.45) is -2.13. The third kappa shape index (κ3) is 2.35. The SMILES string of the molecule is Nc1c(I)cnn1-c1ccc(C(F)(F)F)cn1. The second-order valence-electron chi connectivity index (χ2n) is 3.19. The van der Waals surface area contributed by atoms with Gasteiger partial charge in [0.1, 0.15) is 5.82 Å². The summed E-state index contributed by atoms with van der Waals surface area (Å²) in [4.78, 5) is 3.69. The van der Waals surface area contributed by atoms with Crippen LogP contribution in [-0.4, -0.2) is 14.8 Å². The highest BCUT2D eigenvalue weighted by Crippen LogP contribution is 2.29. The molecule has 0 aromatic carbocycles. The van der Waals surface area contributed by atoms with Gasteiger partial charge >= 0.3 is 6.18 Å². The Morgan fingerprint density at radius 3 is 2.35 bits per heavy atom. The van der Waals surface area contributed by atoms with Gasteiger partial charge in [-0.3, -0.25) is 0 Å². The van der Waals surface area contributed by atoms with Gasteiger partial charge < -0.3 is 5.73 Å². The Kier molecular flexibility index (Phi) is 2.98. The fraction of sp³-hybridized carbons (Fsp3) is 0.111. The number of alkyl halides is 3. The third-order valence-electron chi connectivity index (χ3n) is 2.05. The molecule has 2 N–H and O–H groups in total. The molecule has 0 aliphatic carbocycles. The number of halogens is 4. The van der Waals surface area contributed by atoms with E-state index in [-0.39, 0.29) is 5.82 Å². The van der Waals surface area contributed by atoms with E-state index in [4.69, 9.17) is 5.73 Å². The monoisotopic (exact) mass is 354 g/mol. The minimum atomic E-state index is -4.39. The molecule has 90 valence electrons. The fourth-order valence-corrected chi connectivity index (χ4v) is 1.55. The molecule has 0 bridgehead atoms. The van der Waals surface area contributed by atoms with Gasteiger partial charge in [-0.05, 0) is 34.7 Å². The second-order valence-corrected chi connectivity index (χ2v) is 4.35. The van der Waals surface area contributed by atoms with E-state index in [9.17, 15) is 13.2 Å². The van der Waals surface area contributed by atoms with E-state index in [1.807, 2.05) is 22.6 Å². The van der Waals surface area contributed by atoms with Crippen LogP contribution in [0.3, 0.4) is 0 Å². The number of aromatic nitrogens is 3. The molecule has 2 aromatic rings. The van der Waals surface area contributed by atoms with Gasteiger partial charge in [-0.25, -0.2) is 4.98 Å². The molecule has 2 rings (SSSR count). The molecule has 0 fully saturated rings. The Labute approximate surface area is 108 Å². The fourth-order valence-electron chi connectivity index (χ4n) is 1.20. The predicted octanol–water partition coefficient (Wildman–Crippen LogP) is 2.47. The number of nitrogen functional groups attached to an aromatic ring is 1. The first kappa shape index (κ1) is 12.1. The van der Waals surface area contributed by atoms with Crippen molar-refractivity contribution in [3.8, 4) is 5.82 Å². The van der Waals surface area contributed by atoms with Crippen LogP contribution in [0.15, 0.2) is 24.5 Å². The van der Waals surface area contributed by atoms with E-state index >= 15 is 0 Å². The van der Waals surface area contributed by atoms with Gasteiger partial charge in [0, 0.05) is 6.20 Å². The number of anilines is 1. The van der Waals surface area contributed by atoms with Crippen LogP contribution in [0.25, 0.3) is 5.82 Å². The van der Waals surface area contributed by atoms with Crippen molar-refractivity contribution in [2.45, 2.75) is 6.18 Å². The molecule has 0 aliphatic heterocycles. The van der Waals surface area contributed by atoms with Gasteiger partial charge in [0.15, 0.2) is 5.82 Å². The third-order valence-corrected chi connectivity index (χ3v) is 2.88. The Morgan fingerprint density at radius 1 is 1.24 bits per heavy atom. The number of hydrogen-bond acceptors (Lipinski definition) is 3. The van der Waals surface area contributed by atoms with Gasteiger partial charge in [0.05, 0.1) is 15.3 Å². The van der Waals surface area contributed by atoms with E-state index in [0.717, 1.165) is 12.3 Å². The summed E-state index contributed by atoms with van der Waals surface area (Å²) in [7, 11) is 0. The van der Waals surface area contributed by atoms with Crippen molar-refractivity contribution in [2.75, 3.05) is 5.73 Å². The Morgan fingerprint density at radius 2 is 1.94 bits per heavy atom. The van der Waals surface area contributed by atoms with Gasteiger partial charge in [-0.1, -0.05) is 0 Å². The molecule has 0 amide bonds. The molecule has 0 atom stereocenters. The molecule has 4 nitrogen and oxygen atoms in total. The van der Waals surface area contributed by atoms with Crippen LogP contribution in [0.4, 0.5) is 19.0 Å². The minimum absolute atomic E-state index is 0.249. The van der Waals surface area contributed by atoms with Gasteiger partial charge in [0.2, 0.25) is 0 Å². The summed E-state index contributed by atoms with van der Waals surface area (Å²) >= 11 is 1.98. The second kappa shape index (κ2) is 4.17. The number of rotatable bonds is 1. The molecule has 2 aromatic heterocycles. The minimum Gasteiger partial charge on any atom is -0.383 e. The molecule has 17 heavy (non-hydrogen) atoms. The van der Waals surface area contributed by atoms with Crippen molar-refractivity contribution >= 4 is 28.4 Å². The maximum Gasteiger partial charge on any atom is 0.417 e. The number of pyridine rings is 1. The quantitative estimate of drug-likeness (QED) is 0.801. The lowest BCUT2D eigenvalue weighted by Crippen LogP contribution is -2.08. The molecule has 0 saturated heterocycles. The number of hydrogen-bond donors (Lipinski definition) is 1. The lowest BCUT2D eigenvalue weighted by Gasteiger charge is -2.07. The van der Waals surface area contributed by atoms with Crippen molar-refractivity contribution in [3.63, 3.8) is 0 Å². The molecule has 0 saturated carbocycles. The molecule has 8 heteroatoms.